The van der Waals surface area contributed by atoms with Crippen LogP contribution < -0.4 is 20.5 Å². The largest absolute Gasteiger partial charge is 0.493 e. The molecule has 0 unspecified atom stereocenters. The van der Waals surface area contributed by atoms with Crippen LogP contribution in [0.15, 0.2) is 42.7 Å². The third-order valence-electron chi connectivity index (χ3n) is 3.31. The van der Waals surface area contributed by atoms with Crippen molar-refractivity contribution in [3.05, 3.63) is 42.7 Å². The van der Waals surface area contributed by atoms with Crippen molar-refractivity contribution in [2.45, 2.75) is 0 Å². The van der Waals surface area contributed by atoms with Crippen LogP contribution in [-0.2, 0) is 0 Å². The second kappa shape index (κ2) is 5.77. The Morgan fingerprint density at radius 3 is 2.32 bits per heavy atom. The Bertz CT molecular complexity index is 803. The number of anilines is 3. The zero-order chi connectivity index (χ0) is 15.5. The van der Waals surface area contributed by atoms with Crippen LogP contribution >= 0.6 is 0 Å². The van der Waals surface area contributed by atoms with Gasteiger partial charge in [-0.1, -0.05) is 0 Å². The summed E-state index contributed by atoms with van der Waals surface area (Å²) in [4.78, 5) is 8.58. The molecule has 6 heteroatoms. The fourth-order valence-corrected chi connectivity index (χ4v) is 2.19. The number of ether oxygens (including phenoxy) is 2. The van der Waals surface area contributed by atoms with Crippen LogP contribution in [0.5, 0.6) is 11.5 Å². The zero-order valence-corrected chi connectivity index (χ0v) is 12.3. The number of benzene rings is 2. The van der Waals surface area contributed by atoms with Crippen LogP contribution in [0.4, 0.5) is 17.2 Å². The van der Waals surface area contributed by atoms with Crippen molar-refractivity contribution in [3.63, 3.8) is 0 Å². The molecule has 0 saturated heterocycles. The zero-order valence-electron chi connectivity index (χ0n) is 12.3. The van der Waals surface area contributed by atoms with E-state index in [1.165, 1.54) is 6.33 Å². The number of nitrogens with zero attached hydrogens (tertiary/aromatic N) is 2. The molecule has 0 bridgehead atoms. The van der Waals surface area contributed by atoms with Crippen molar-refractivity contribution in [2.24, 2.45) is 0 Å². The summed E-state index contributed by atoms with van der Waals surface area (Å²) in [6.45, 7) is 0. The fraction of sp³-hybridized carbons (Fsp3) is 0.125. The number of nitrogens with two attached hydrogens (primary N) is 1. The van der Waals surface area contributed by atoms with Gasteiger partial charge in [-0.2, -0.15) is 0 Å². The topological polar surface area (TPSA) is 82.3 Å². The van der Waals surface area contributed by atoms with Crippen LogP contribution in [0.2, 0.25) is 0 Å². The highest BCUT2D eigenvalue weighted by Gasteiger charge is 2.11. The minimum atomic E-state index is 0.630. The second-order valence-electron chi connectivity index (χ2n) is 4.69. The fourth-order valence-electron chi connectivity index (χ4n) is 2.19. The Hall–Kier alpha value is -3.02. The number of hydrogen-bond donors (Lipinski definition) is 2. The molecule has 0 radical (unpaired) electrons. The predicted molar refractivity (Wildman–Crippen MR) is 86.8 cm³/mol. The minimum absolute atomic E-state index is 0.630. The Kier molecular flexibility index (Phi) is 3.65. The molecule has 112 valence electrons. The molecule has 0 aliphatic rings. The maximum atomic E-state index is 5.70. The third-order valence-corrected chi connectivity index (χ3v) is 3.31. The average Bonchev–Trinajstić information content (AvgIpc) is 2.56. The molecule has 3 N–H and O–H groups in total. The van der Waals surface area contributed by atoms with E-state index in [9.17, 15) is 0 Å². The van der Waals surface area contributed by atoms with Gasteiger partial charge in [-0.3, -0.25) is 0 Å². The van der Waals surface area contributed by atoms with Crippen LogP contribution in [0.3, 0.4) is 0 Å². The second-order valence-corrected chi connectivity index (χ2v) is 4.69. The van der Waals surface area contributed by atoms with Gasteiger partial charge >= 0.3 is 0 Å². The summed E-state index contributed by atoms with van der Waals surface area (Å²) in [5, 5.41) is 4.10. The minimum Gasteiger partial charge on any atom is -0.493 e. The van der Waals surface area contributed by atoms with Gasteiger partial charge < -0.3 is 20.5 Å². The van der Waals surface area contributed by atoms with Crippen LogP contribution in [0, 0.1) is 0 Å². The highest BCUT2D eigenvalue weighted by atomic mass is 16.5. The molecule has 0 aliphatic carbocycles. The Balaban J connectivity index is 2.07. The number of nitrogens with one attached hydrogen (secondary N) is 1. The summed E-state index contributed by atoms with van der Waals surface area (Å²) >= 11 is 0. The molecular formula is C16H16N4O2. The van der Waals surface area contributed by atoms with E-state index in [1.807, 2.05) is 36.4 Å². The maximum Gasteiger partial charge on any atom is 0.162 e. The average molecular weight is 296 g/mol. The van der Waals surface area contributed by atoms with Crippen LogP contribution in [-0.4, -0.2) is 24.2 Å². The van der Waals surface area contributed by atoms with Crippen molar-refractivity contribution < 1.29 is 9.47 Å². The Morgan fingerprint density at radius 1 is 0.955 bits per heavy atom. The lowest BCUT2D eigenvalue weighted by molar-refractivity contribution is 0.356. The van der Waals surface area contributed by atoms with E-state index < -0.39 is 0 Å². The monoisotopic (exact) mass is 296 g/mol. The molecule has 1 aromatic heterocycles. The van der Waals surface area contributed by atoms with Crippen molar-refractivity contribution in [3.8, 4) is 11.5 Å². The molecule has 3 aromatic rings. The van der Waals surface area contributed by atoms with Gasteiger partial charge in [0.1, 0.15) is 12.1 Å². The third kappa shape index (κ3) is 2.58. The van der Waals surface area contributed by atoms with Gasteiger partial charge in [0.2, 0.25) is 0 Å². The first-order valence-corrected chi connectivity index (χ1v) is 6.70. The molecule has 0 fully saturated rings. The molecule has 6 nitrogen and oxygen atoms in total. The van der Waals surface area contributed by atoms with Gasteiger partial charge in [-0.15, -0.1) is 0 Å². The number of fused-ring (bicyclic) bond motifs is 1. The lowest BCUT2D eigenvalue weighted by Crippen LogP contribution is -1.98. The number of nitrogen functional groups attached to an aromatic ring is 1. The van der Waals surface area contributed by atoms with Gasteiger partial charge in [-0.05, 0) is 30.3 Å². The standard InChI is InChI=1S/C16H16N4O2/c1-21-14-7-12-13(8-15(14)22-2)18-9-19-16(12)20-11-5-3-10(17)4-6-11/h3-9H,17H2,1-2H3,(H,18,19,20). The lowest BCUT2D eigenvalue weighted by Gasteiger charge is -2.12. The molecule has 2 aromatic carbocycles. The Morgan fingerprint density at radius 2 is 1.64 bits per heavy atom. The first kappa shape index (κ1) is 13.9. The van der Waals surface area contributed by atoms with E-state index in [-0.39, 0.29) is 0 Å². The Labute approximate surface area is 127 Å². The first-order chi connectivity index (χ1) is 10.7. The first-order valence-electron chi connectivity index (χ1n) is 6.70. The maximum absolute atomic E-state index is 5.70. The summed E-state index contributed by atoms with van der Waals surface area (Å²) in [5.41, 5.74) is 8.07. The van der Waals surface area contributed by atoms with Gasteiger partial charge in [0, 0.05) is 22.8 Å². The molecule has 1 heterocycles. The van der Waals surface area contributed by atoms with Crippen molar-refractivity contribution >= 4 is 28.1 Å². The number of methoxy groups -OCH3 is 2. The van der Waals surface area contributed by atoms with E-state index in [0.717, 1.165) is 16.6 Å². The summed E-state index contributed by atoms with van der Waals surface area (Å²) < 4.78 is 10.6. The highest BCUT2D eigenvalue weighted by Crippen LogP contribution is 2.34. The lowest BCUT2D eigenvalue weighted by atomic mass is 10.2. The number of aromatic nitrogens is 2. The van der Waals surface area contributed by atoms with E-state index >= 15 is 0 Å². The summed E-state index contributed by atoms with van der Waals surface area (Å²) in [6.07, 6.45) is 1.51. The van der Waals surface area contributed by atoms with E-state index in [2.05, 4.69) is 15.3 Å². The molecule has 0 aliphatic heterocycles. The molecule has 0 atom stereocenters. The summed E-state index contributed by atoms with van der Waals surface area (Å²) in [6, 6.07) is 11.1. The SMILES string of the molecule is COc1cc2ncnc(Nc3ccc(N)cc3)c2cc1OC. The van der Waals surface area contributed by atoms with Crippen molar-refractivity contribution in [2.75, 3.05) is 25.3 Å². The van der Waals surface area contributed by atoms with E-state index in [0.29, 0.717) is 23.0 Å². The predicted octanol–water partition coefficient (Wildman–Crippen LogP) is 2.97. The van der Waals surface area contributed by atoms with Crippen molar-refractivity contribution in [1.29, 1.82) is 0 Å². The van der Waals surface area contributed by atoms with Crippen LogP contribution in [0.1, 0.15) is 0 Å². The van der Waals surface area contributed by atoms with Gasteiger partial charge in [0.25, 0.3) is 0 Å². The van der Waals surface area contributed by atoms with Gasteiger partial charge in [-0.25, -0.2) is 9.97 Å². The highest BCUT2D eigenvalue weighted by molar-refractivity contribution is 5.93. The molecule has 3 rings (SSSR count). The van der Waals surface area contributed by atoms with Gasteiger partial charge in [0.05, 0.1) is 19.7 Å². The quantitative estimate of drug-likeness (QED) is 0.720. The molecule has 0 amide bonds. The molecule has 0 saturated carbocycles. The molecular weight excluding hydrogens is 280 g/mol. The van der Waals surface area contributed by atoms with E-state index in [1.54, 1.807) is 14.2 Å². The van der Waals surface area contributed by atoms with Crippen molar-refractivity contribution in [1.82, 2.24) is 9.97 Å². The molecule has 0 spiro atoms. The van der Waals surface area contributed by atoms with Crippen LogP contribution in [0.25, 0.3) is 10.9 Å². The normalized spacial score (nSPS) is 10.5. The molecule has 22 heavy (non-hydrogen) atoms. The smallest absolute Gasteiger partial charge is 0.162 e. The van der Waals surface area contributed by atoms with E-state index in [4.69, 9.17) is 15.2 Å². The summed E-state index contributed by atoms with van der Waals surface area (Å²) in [7, 11) is 3.19. The number of hydrogen-bond acceptors (Lipinski definition) is 6. The van der Waals surface area contributed by atoms with Gasteiger partial charge in [0.15, 0.2) is 11.5 Å². The summed E-state index contributed by atoms with van der Waals surface area (Å²) in [5.74, 6) is 1.95. The number of rotatable bonds is 4.